The van der Waals surface area contributed by atoms with Gasteiger partial charge in [-0.15, -0.1) is 0 Å². The fraction of sp³-hybridized carbons (Fsp3) is 0.529. The van der Waals surface area contributed by atoms with Crippen LogP contribution in [0.15, 0.2) is 24.3 Å². The van der Waals surface area contributed by atoms with E-state index in [9.17, 15) is 18.4 Å². The van der Waals surface area contributed by atoms with Crippen LogP contribution in [0, 0.1) is 0 Å². The summed E-state index contributed by atoms with van der Waals surface area (Å²) in [6.07, 6.45) is 1.69. The van der Waals surface area contributed by atoms with E-state index in [4.69, 9.17) is 0 Å². The van der Waals surface area contributed by atoms with Crippen LogP contribution >= 0.6 is 0 Å². The van der Waals surface area contributed by atoms with Crippen LogP contribution in [-0.2, 0) is 9.59 Å². The molecule has 2 N–H and O–H groups in total. The van der Waals surface area contributed by atoms with Gasteiger partial charge in [-0.25, -0.2) is 0 Å². The van der Waals surface area contributed by atoms with Gasteiger partial charge < -0.3 is 20.3 Å². The summed E-state index contributed by atoms with van der Waals surface area (Å²) in [6.45, 7) is 2.65. The first kappa shape index (κ1) is 20.8. The molecule has 0 aliphatic carbocycles. The number of rotatable bonds is 9. The number of benzene rings is 1. The van der Waals surface area contributed by atoms with E-state index >= 15 is 0 Å². The lowest BCUT2D eigenvalue weighted by Crippen LogP contribution is -2.36. The Kier molecular flexibility index (Phi) is 8.83. The highest BCUT2D eigenvalue weighted by molar-refractivity contribution is 6.39. The molecule has 0 unspecified atom stereocenters. The number of halogens is 2. The highest BCUT2D eigenvalue weighted by Crippen LogP contribution is 2.17. The zero-order valence-electron chi connectivity index (χ0n) is 14.7. The van der Waals surface area contributed by atoms with Gasteiger partial charge in [0.05, 0.1) is 0 Å². The second-order valence-electron chi connectivity index (χ2n) is 5.89. The van der Waals surface area contributed by atoms with E-state index in [1.165, 1.54) is 24.3 Å². The van der Waals surface area contributed by atoms with E-state index in [2.05, 4.69) is 34.1 Å². The lowest BCUT2D eigenvalue weighted by molar-refractivity contribution is -0.136. The van der Waals surface area contributed by atoms with Crippen molar-refractivity contribution in [3.05, 3.63) is 24.3 Å². The zero-order valence-corrected chi connectivity index (χ0v) is 14.7. The average Bonchev–Trinajstić information content (AvgIpc) is 2.55. The topological polar surface area (TPSA) is 70.7 Å². The quantitative estimate of drug-likeness (QED) is 0.526. The smallest absolute Gasteiger partial charge is 0.387 e. The van der Waals surface area contributed by atoms with Gasteiger partial charge in [-0.3, -0.25) is 9.59 Å². The van der Waals surface area contributed by atoms with Crippen molar-refractivity contribution in [2.24, 2.45) is 0 Å². The maximum Gasteiger partial charge on any atom is 0.387 e. The summed E-state index contributed by atoms with van der Waals surface area (Å²) in [5.74, 6) is -1.56. The summed E-state index contributed by atoms with van der Waals surface area (Å²) < 4.78 is 28.3. The summed E-state index contributed by atoms with van der Waals surface area (Å²) in [5, 5.41) is 4.94. The van der Waals surface area contributed by atoms with Crippen LogP contribution in [0.4, 0.5) is 14.5 Å². The highest BCUT2D eigenvalue weighted by Gasteiger charge is 2.13. The predicted molar refractivity (Wildman–Crippen MR) is 91.7 cm³/mol. The van der Waals surface area contributed by atoms with Gasteiger partial charge in [0.25, 0.3) is 0 Å². The normalized spacial score (nSPS) is 11.0. The number of hydrogen-bond acceptors (Lipinski definition) is 4. The van der Waals surface area contributed by atoms with Gasteiger partial charge in [-0.05, 0) is 64.5 Å². The molecule has 0 aromatic heterocycles. The van der Waals surface area contributed by atoms with E-state index in [1.807, 2.05) is 7.05 Å². The van der Waals surface area contributed by atoms with Crippen molar-refractivity contribution < 1.29 is 23.1 Å². The molecule has 1 aromatic carbocycles. The molecule has 0 aliphatic rings. The minimum atomic E-state index is -2.91. The van der Waals surface area contributed by atoms with Crippen molar-refractivity contribution in [3.63, 3.8) is 0 Å². The monoisotopic (exact) mass is 357 g/mol. The summed E-state index contributed by atoms with van der Waals surface area (Å²) >= 11 is 0. The predicted octanol–water partition coefficient (Wildman–Crippen LogP) is 2.46. The Bertz CT molecular complexity index is 551. The van der Waals surface area contributed by atoms with Crippen molar-refractivity contribution in [2.75, 3.05) is 25.5 Å². The number of anilines is 1. The highest BCUT2D eigenvalue weighted by atomic mass is 19.3. The number of nitrogens with one attached hydrogen (secondary N) is 2. The van der Waals surface area contributed by atoms with Crippen LogP contribution in [-0.4, -0.2) is 49.5 Å². The van der Waals surface area contributed by atoms with Crippen LogP contribution in [0.3, 0.4) is 0 Å². The third-order valence-corrected chi connectivity index (χ3v) is 3.65. The molecule has 1 rings (SSSR count). The molecule has 0 heterocycles. The second-order valence-corrected chi connectivity index (χ2v) is 5.89. The molecule has 8 heteroatoms. The Morgan fingerprint density at radius 3 is 2.32 bits per heavy atom. The molecule has 1 aromatic rings. The van der Waals surface area contributed by atoms with E-state index in [1.54, 1.807) is 0 Å². The molecule has 0 radical (unpaired) electrons. The SMILES string of the molecule is CC(C)N(C)CCCCNC(=O)C(=O)Nc1ccc(OC(F)F)cc1. The van der Waals surface area contributed by atoms with E-state index < -0.39 is 18.4 Å². The van der Waals surface area contributed by atoms with Crippen molar-refractivity contribution in [3.8, 4) is 5.75 Å². The Hall–Kier alpha value is -2.22. The van der Waals surface area contributed by atoms with Gasteiger partial charge in [0.1, 0.15) is 5.75 Å². The molecule has 25 heavy (non-hydrogen) atoms. The lowest BCUT2D eigenvalue weighted by Gasteiger charge is -2.20. The molecule has 0 atom stereocenters. The van der Waals surface area contributed by atoms with E-state index in [-0.39, 0.29) is 5.75 Å². The molecule has 0 saturated heterocycles. The molecule has 0 aliphatic heterocycles. The Morgan fingerprint density at radius 1 is 1.12 bits per heavy atom. The third-order valence-electron chi connectivity index (χ3n) is 3.65. The third kappa shape index (κ3) is 8.44. The summed E-state index contributed by atoms with van der Waals surface area (Å²) in [6, 6.07) is 5.79. The molecule has 0 saturated carbocycles. The number of amides is 2. The van der Waals surface area contributed by atoms with Crippen molar-refractivity contribution in [1.82, 2.24) is 10.2 Å². The van der Waals surface area contributed by atoms with Gasteiger partial charge in [0.2, 0.25) is 0 Å². The first-order valence-corrected chi connectivity index (χ1v) is 8.14. The molecular weight excluding hydrogens is 332 g/mol. The average molecular weight is 357 g/mol. The van der Waals surface area contributed by atoms with Gasteiger partial charge in [0, 0.05) is 18.3 Å². The largest absolute Gasteiger partial charge is 0.435 e. The van der Waals surface area contributed by atoms with Crippen LogP contribution in [0.1, 0.15) is 26.7 Å². The number of ether oxygens (including phenoxy) is 1. The van der Waals surface area contributed by atoms with Gasteiger partial charge in [-0.1, -0.05) is 0 Å². The second kappa shape index (κ2) is 10.6. The minimum Gasteiger partial charge on any atom is -0.435 e. The Balaban J connectivity index is 2.29. The van der Waals surface area contributed by atoms with Crippen LogP contribution in [0.2, 0.25) is 0 Å². The Labute approximate surface area is 146 Å². The molecule has 0 spiro atoms. The summed E-state index contributed by atoms with van der Waals surface area (Å²) in [7, 11) is 2.04. The van der Waals surface area contributed by atoms with E-state index in [0.29, 0.717) is 18.3 Å². The number of nitrogens with zero attached hydrogens (tertiary/aromatic N) is 1. The standard InChI is InChI=1S/C17H25F2N3O3/c1-12(2)22(3)11-5-4-10-20-15(23)16(24)21-13-6-8-14(9-7-13)25-17(18)19/h6-9,12,17H,4-5,10-11H2,1-3H3,(H,20,23)(H,21,24). The zero-order chi connectivity index (χ0) is 18.8. The molecule has 2 amide bonds. The van der Waals surface area contributed by atoms with Crippen molar-refractivity contribution >= 4 is 17.5 Å². The molecule has 0 fully saturated rings. The maximum atomic E-state index is 12.0. The van der Waals surface area contributed by atoms with Crippen LogP contribution in [0.25, 0.3) is 0 Å². The minimum absolute atomic E-state index is 0.0242. The number of alkyl halides is 2. The number of unbranched alkanes of at least 4 members (excludes halogenated alkanes) is 1. The van der Waals surface area contributed by atoms with Crippen molar-refractivity contribution in [2.45, 2.75) is 39.3 Å². The molecular formula is C17H25F2N3O3. The Morgan fingerprint density at radius 2 is 1.76 bits per heavy atom. The number of carbonyl (C=O) groups is 2. The lowest BCUT2D eigenvalue weighted by atomic mass is 10.2. The molecule has 140 valence electrons. The summed E-state index contributed by atoms with van der Waals surface area (Å²) in [5.41, 5.74) is 0.320. The van der Waals surface area contributed by atoms with Crippen LogP contribution < -0.4 is 15.4 Å². The van der Waals surface area contributed by atoms with Crippen molar-refractivity contribution in [1.29, 1.82) is 0 Å². The molecule has 6 nitrogen and oxygen atoms in total. The fourth-order valence-electron chi connectivity index (χ4n) is 1.93. The maximum absolute atomic E-state index is 12.0. The first-order valence-electron chi connectivity index (χ1n) is 8.14. The first-order chi connectivity index (χ1) is 11.8. The number of carbonyl (C=O) groups excluding carboxylic acids is 2. The fourth-order valence-corrected chi connectivity index (χ4v) is 1.93. The summed E-state index contributed by atoms with van der Waals surface area (Å²) in [4.78, 5) is 25.7. The van der Waals surface area contributed by atoms with Gasteiger partial charge >= 0.3 is 18.4 Å². The van der Waals surface area contributed by atoms with Crippen LogP contribution in [0.5, 0.6) is 5.75 Å². The van der Waals surface area contributed by atoms with E-state index in [0.717, 1.165) is 19.4 Å². The van der Waals surface area contributed by atoms with Gasteiger partial charge in [-0.2, -0.15) is 8.78 Å². The van der Waals surface area contributed by atoms with Gasteiger partial charge in [0.15, 0.2) is 0 Å². The number of hydrogen-bond donors (Lipinski definition) is 2. The molecule has 0 bridgehead atoms.